The van der Waals surface area contributed by atoms with Gasteiger partial charge in [-0.15, -0.1) is 0 Å². The quantitative estimate of drug-likeness (QED) is 0.517. The first-order chi connectivity index (χ1) is 5.19. The van der Waals surface area contributed by atoms with Gasteiger partial charge in [-0.05, 0) is 43.9 Å². The van der Waals surface area contributed by atoms with Crippen LogP contribution in [0.25, 0.3) is 0 Å². The number of hydrogen-bond acceptors (Lipinski definition) is 1. The largest absolute Gasteiger partial charge is 0.371 e. The Balaban J connectivity index is 2.04. The molecule has 2 saturated heterocycles. The van der Waals surface area contributed by atoms with Crippen LogP contribution in [0.15, 0.2) is 0 Å². The molecule has 5 atom stereocenters. The first-order valence-corrected chi connectivity index (χ1v) is 4.87. The summed E-state index contributed by atoms with van der Waals surface area (Å²) in [6, 6.07) is 0. The van der Waals surface area contributed by atoms with Crippen LogP contribution in [0.3, 0.4) is 0 Å². The highest BCUT2D eigenvalue weighted by molar-refractivity contribution is 5.07. The first-order valence-electron chi connectivity index (χ1n) is 4.87. The van der Waals surface area contributed by atoms with E-state index >= 15 is 0 Å². The monoisotopic (exact) mass is 152 g/mol. The van der Waals surface area contributed by atoms with Gasteiger partial charge in [-0.3, -0.25) is 0 Å². The van der Waals surface area contributed by atoms with Crippen molar-refractivity contribution in [2.75, 3.05) is 0 Å². The van der Waals surface area contributed by atoms with E-state index in [1.54, 1.807) is 0 Å². The van der Waals surface area contributed by atoms with Crippen molar-refractivity contribution in [3.63, 3.8) is 0 Å². The summed E-state index contributed by atoms with van der Waals surface area (Å²) >= 11 is 0. The minimum atomic E-state index is 0.274. The summed E-state index contributed by atoms with van der Waals surface area (Å²) < 4.78 is 6.05. The zero-order valence-corrected chi connectivity index (χ0v) is 7.34. The summed E-state index contributed by atoms with van der Waals surface area (Å²) in [6.45, 7) is 4.70. The molecule has 2 aliphatic carbocycles. The van der Waals surface area contributed by atoms with Crippen LogP contribution in [-0.4, -0.2) is 11.7 Å². The van der Waals surface area contributed by atoms with Crippen molar-refractivity contribution in [3.8, 4) is 0 Å². The number of ether oxygens (including phenoxy) is 1. The molecule has 0 aromatic rings. The second kappa shape index (κ2) is 1.66. The Morgan fingerprint density at radius 3 is 2.82 bits per heavy atom. The maximum Gasteiger partial charge on any atom is 0.0690 e. The maximum absolute atomic E-state index is 6.05. The van der Waals surface area contributed by atoms with Gasteiger partial charge in [0.25, 0.3) is 0 Å². The number of rotatable bonds is 0. The van der Waals surface area contributed by atoms with Gasteiger partial charge in [-0.2, -0.15) is 0 Å². The SMILES string of the molecule is CC1C2CC3CC2OC1(C)C3. The van der Waals surface area contributed by atoms with Crippen LogP contribution < -0.4 is 0 Å². The molecule has 0 amide bonds. The summed E-state index contributed by atoms with van der Waals surface area (Å²) in [4.78, 5) is 0. The molecule has 4 bridgehead atoms. The smallest absolute Gasteiger partial charge is 0.0690 e. The van der Waals surface area contributed by atoms with E-state index in [1.165, 1.54) is 19.3 Å². The topological polar surface area (TPSA) is 9.23 Å². The minimum Gasteiger partial charge on any atom is -0.371 e. The van der Waals surface area contributed by atoms with Crippen LogP contribution in [0.1, 0.15) is 33.1 Å². The standard InChI is InChI=1S/C10H16O/c1-6-8-3-7-4-9(8)11-10(6,2)5-7/h6-9H,3-5H2,1-2H3. The van der Waals surface area contributed by atoms with Crippen molar-refractivity contribution in [2.24, 2.45) is 17.8 Å². The molecule has 2 aliphatic heterocycles. The Hall–Kier alpha value is -0.0400. The molecule has 0 aromatic heterocycles. The van der Waals surface area contributed by atoms with E-state index in [9.17, 15) is 0 Å². The Labute approximate surface area is 68.1 Å². The van der Waals surface area contributed by atoms with Gasteiger partial charge in [0, 0.05) is 0 Å². The second-order valence-corrected chi connectivity index (χ2v) is 4.96. The lowest BCUT2D eigenvalue weighted by Crippen LogP contribution is -2.39. The normalized spacial score (nSPS) is 66.0. The van der Waals surface area contributed by atoms with E-state index in [0.717, 1.165) is 17.8 Å². The van der Waals surface area contributed by atoms with E-state index in [4.69, 9.17) is 4.74 Å². The molecule has 0 N–H and O–H groups in total. The molecule has 0 aromatic carbocycles. The molecule has 1 nitrogen and oxygen atoms in total. The summed E-state index contributed by atoms with van der Waals surface area (Å²) in [5.41, 5.74) is 0.274. The van der Waals surface area contributed by atoms with Crippen molar-refractivity contribution in [1.29, 1.82) is 0 Å². The molecule has 2 saturated carbocycles. The molecular formula is C10H16O. The average Bonchev–Trinajstić information content (AvgIpc) is 2.30. The van der Waals surface area contributed by atoms with Gasteiger partial charge in [-0.25, -0.2) is 0 Å². The van der Waals surface area contributed by atoms with Gasteiger partial charge in [-0.1, -0.05) is 6.92 Å². The van der Waals surface area contributed by atoms with Crippen molar-refractivity contribution in [2.45, 2.75) is 44.8 Å². The summed E-state index contributed by atoms with van der Waals surface area (Å²) in [5.74, 6) is 2.75. The predicted octanol–water partition coefficient (Wildman–Crippen LogP) is 2.21. The predicted molar refractivity (Wildman–Crippen MR) is 43.3 cm³/mol. The third-order valence-corrected chi connectivity index (χ3v) is 4.37. The van der Waals surface area contributed by atoms with Crippen molar-refractivity contribution in [3.05, 3.63) is 0 Å². The van der Waals surface area contributed by atoms with Crippen molar-refractivity contribution in [1.82, 2.24) is 0 Å². The lowest BCUT2D eigenvalue weighted by molar-refractivity contribution is -0.0893. The second-order valence-electron chi connectivity index (χ2n) is 4.96. The fourth-order valence-corrected chi connectivity index (χ4v) is 3.68. The van der Waals surface area contributed by atoms with Crippen LogP contribution in [0.5, 0.6) is 0 Å². The van der Waals surface area contributed by atoms with E-state index < -0.39 is 0 Å². The van der Waals surface area contributed by atoms with Crippen LogP contribution >= 0.6 is 0 Å². The average molecular weight is 152 g/mol. The Bertz CT molecular complexity index is 197. The lowest BCUT2D eigenvalue weighted by atomic mass is 9.72. The highest BCUT2D eigenvalue weighted by Crippen LogP contribution is 2.59. The summed E-state index contributed by atoms with van der Waals surface area (Å²) in [7, 11) is 0. The van der Waals surface area contributed by atoms with Crippen LogP contribution in [0.2, 0.25) is 0 Å². The van der Waals surface area contributed by atoms with Gasteiger partial charge in [0.05, 0.1) is 11.7 Å². The third kappa shape index (κ3) is 0.618. The highest BCUT2D eigenvalue weighted by atomic mass is 16.5. The van der Waals surface area contributed by atoms with Gasteiger partial charge in [0.15, 0.2) is 0 Å². The van der Waals surface area contributed by atoms with Crippen LogP contribution in [0.4, 0.5) is 0 Å². The molecule has 4 rings (SSSR count). The van der Waals surface area contributed by atoms with Gasteiger partial charge in [0.2, 0.25) is 0 Å². The highest BCUT2D eigenvalue weighted by Gasteiger charge is 2.59. The van der Waals surface area contributed by atoms with E-state index in [-0.39, 0.29) is 5.60 Å². The van der Waals surface area contributed by atoms with Crippen LogP contribution in [0, 0.1) is 17.8 Å². The molecule has 11 heavy (non-hydrogen) atoms. The van der Waals surface area contributed by atoms with Crippen molar-refractivity contribution < 1.29 is 4.74 Å². The fourth-order valence-electron chi connectivity index (χ4n) is 3.68. The molecular weight excluding hydrogens is 136 g/mol. The Morgan fingerprint density at radius 1 is 1.36 bits per heavy atom. The zero-order chi connectivity index (χ0) is 7.64. The Morgan fingerprint density at radius 2 is 2.18 bits per heavy atom. The molecule has 5 unspecified atom stereocenters. The summed E-state index contributed by atoms with van der Waals surface area (Å²) in [5, 5.41) is 0. The molecule has 62 valence electrons. The van der Waals surface area contributed by atoms with Gasteiger partial charge < -0.3 is 4.74 Å². The van der Waals surface area contributed by atoms with E-state index in [0.29, 0.717) is 6.10 Å². The molecule has 1 heteroatoms. The zero-order valence-electron chi connectivity index (χ0n) is 7.34. The molecule has 0 spiro atoms. The molecule has 0 radical (unpaired) electrons. The minimum absolute atomic E-state index is 0.274. The molecule has 4 fully saturated rings. The van der Waals surface area contributed by atoms with Gasteiger partial charge >= 0.3 is 0 Å². The fraction of sp³-hybridized carbons (Fsp3) is 1.00. The van der Waals surface area contributed by atoms with Gasteiger partial charge in [0.1, 0.15) is 0 Å². The van der Waals surface area contributed by atoms with E-state index in [2.05, 4.69) is 13.8 Å². The maximum atomic E-state index is 6.05. The summed E-state index contributed by atoms with van der Waals surface area (Å²) in [6.07, 6.45) is 4.81. The van der Waals surface area contributed by atoms with Crippen molar-refractivity contribution >= 4 is 0 Å². The third-order valence-electron chi connectivity index (χ3n) is 4.37. The lowest BCUT2D eigenvalue weighted by Gasteiger charge is -2.38. The molecule has 2 heterocycles. The first kappa shape index (κ1) is 6.47. The Kier molecular flexibility index (Phi) is 0.976. The molecule has 4 aliphatic rings. The number of hydrogen-bond donors (Lipinski definition) is 0. The van der Waals surface area contributed by atoms with E-state index in [1.807, 2.05) is 0 Å². The van der Waals surface area contributed by atoms with Crippen LogP contribution in [-0.2, 0) is 4.74 Å².